The maximum atomic E-state index is 2.46. The molecule has 0 N–H and O–H groups in total. The second-order valence-electron chi connectivity index (χ2n) is 5.65. The van der Waals surface area contributed by atoms with Gasteiger partial charge in [0.05, 0.1) is 9.52 Å². The summed E-state index contributed by atoms with van der Waals surface area (Å²) in [6, 6.07) is 6.68. The van der Waals surface area contributed by atoms with Gasteiger partial charge in [0.1, 0.15) is 0 Å². The van der Waals surface area contributed by atoms with Gasteiger partial charge in [-0.3, -0.25) is 0 Å². The molecule has 2 rings (SSSR count). The minimum absolute atomic E-state index is 0.229. The van der Waals surface area contributed by atoms with Crippen molar-refractivity contribution in [3.63, 3.8) is 0 Å². The average Bonchev–Trinajstić information content (AvgIpc) is 2.50. The topological polar surface area (TPSA) is 0 Å². The lowest BCUT2D eigenvalue weighted by atomic mass is 10.0. The lowest BCUT2D eigenvalue weighted by Crippen LogP contribution is -2.28. The smallest absolute Gasteiger partial charge is 0.0742 e. The molecule has 1 heteroatoms. The van der Waals surface area contributed by atoms with Crippen molar-refractivity contribution in [3.8, 4) is 0 Å². The quantitative estimate of drug-likeness (QED) is 0.697. The van der Waals surface area contributed by atoms with Gasteiger partial charge in [0, 0.05) is 5.04 Å². The van der Waals surface area contributed by atoms with Gasteiger partial charge in [-0.2, -0.15) is 0 Å². The van der Waals surface area contributed by atoms with Crippen molar-refractivity contribution in [1.29, 1.82) is 0 Å². The maximum absolute atomic E-state index is 2.46. The Morgan fingerprint density at radius 1 is 1.00 bits per heavy atom. The molecule has 18 heavy (non-hydrogen) atoms. The average molecular weight is 254 g/mol. The van der Waals surface area contributed by atoms with Crippen molar-refractivity contribution in [3.05, 3.63) is 52.1 Å². The van der Waals surface area contributed by atoms with E-state index in [0.29, 0.717) is 0 Å². The molecule has 0 aliphatic heterocycles. The van der Waals surface area contributed by atoms with Crippen molar-refractivity contribution < 1.29 is 0 Å². The molecule has 0 heterocycles. The molecule has 1 aromatic rings. The van der Waals surface area contributed by atoms with E-state index < -0.39 is 0 Å². The van der Waals surface area contributed by atoms with Crippen LogP contribution in [-0.4, -0.2) is 9.52 Å². The molecule has 2 radical (unpaired) electrons. The van der Waals surface area contributed by atoms with Gasteiger partial charge in [0.2, 0.25) is 0 Å². The summed E-state index contributed by atoms with van der Waals surface area (Å²) in [6.07, 6.45) is 2.46. The van der Waals surface area contributed by atoms with Crippen LogP contribution in [-0.2, 0) is 0 Å². The summed E-state index contributed by atoms with van der Waals surface area (Å²) in [4.78, 5) is 0. The van der Waals surface area contributed by atoms with Crippen LogP contribution in [0.3, 0.4) is 0 Å². The van der Waals surface area contributed by atoms with E-state index in [9.17, 15) is 0 Å². The summed E-state index contributed by atoms with van der Waals surface area (Å²) >= 11 is 0. The number of allylic oxidation sites excluding steroid dienone is 4. The van der Waals surface area contributed by atoms with Gasteiger partial charge in [-0.1, -0.05) is 47.5 Å². The summed E-state index contributed by atoms with van der Waals surface area (Å²) in [6.45, 7) is 13.6. The molecule has 1 aromatic carbocycles. The van der Waals surface area contributed by atoms with E-state index in [1.165, 1.54) is 27.5 Å². The second-order valence-corrected chi connectivity index (χ2v) is 7.48. The van der Waals surface area contributed by atoms with E-state index in [-0.39, 0.29) is 5.04 Å². The molecule has 1 aliphatic carbocycles. The van der Waals surface area contributed by atoms with Gasteiger partial charge >= 0.3 is 0 Å². The first-order chi connectivity index (χ1) is 8.35. The highest BCUT2D eigenvalue weighted by Gasteiger charge is 2.32. The zero-order valence-corrected chi connectivity index (χ0v) is 13.3. The standard InChI is InChI=1S/C17H22Si/c1-11-8-7-9-16(14(11)4)18-17(6)10-12(2)13(3)15(17)5/h7-10H,1-6H3. The molecule has 94 valence electrons. The molecule has 0 spiro atoms. The van der Waals surface area contributed by atoms with Crippen molar-refractivity contribution in [2.24, 2.45) is 0 Å². The van der Waals surface area contributed by atoms with Gasteiger partial charge in [-0.05, 0) is 51.3 Å². The van der Waals surface area contributed by atoms with Gasteiger partial charge in [0.15, 0.2) is 0 Å². The Balaban J connectivity index is 2.39. The Morgan fingerprint density at radius 3 is 2.22 bits per heavy atom. The molecule has 1 atom stereocenters. The van der Waals surface area contributed by atoms with Crippen LogP contribution in [0.5, 0.6) is 0 Å². The number of rotatable bonds is 2. The summed E-state index contributed by atoms with van der Waals surface area (Å²) in [5.74, 6) is 0. The maximum Gasteiger partial charge on any atom is 0.0979 e. The highest BCUT2D eigenvalue weighted by molar-refractivity contribution is 6.59. The molecule has 0 nitrogen and oxygen atoms in total. The Morgan fingerprint density at radius 2 is 1.67 bits per heavy atom. The van der Waals surface area contributed by atoms with Crippen LogP contribution < -0.4 is 5.19 Å². The predicted molar refractivity (Wildman–Crippen MR) is 81.8 cm³/mol. The Labute approximate surface area is 114 Å². The zero-order chi connectivity index (χ0) is 13.5. The van der Waals surface area contributed by atoms with Gasteiger partial charge in [0.25, 0.3) is 0 Å². The fourth-order valence-corrected chi connectivity index (χ4v) is 4.42. The Kier molecular flexibility index (Phi) is 3.37. The zero-order valence-electron chi connectivity index (χ0n) is 12.3. The third-order valence-electron chi connectivity index (χ3n) is 4.44. The molecular formula is C17H22Si. The molecule has 0 bridgehead atoms. The minimum Gasteiger partial charge on any atom is -0.0742 e. The Bertz CT molecular complexity index is 549. The molecule has 1 unspecified atom stereocenters. The van der Waals surface area contributed by atoms with Crippen molar-refractivity contribution in [2.75, 3.05) is 0 Å². The third-order valence-corrected chi connectivity index (χ3v) is 6.29. The largest absolute Gasteiger partial charge is 0.0979 e. The van der Waals surface area contributed by atoms with Crippen molar-refractivity contribution in [2.45, 2.75) is 46.6 Å². The molecule has 1 aliphatic rings. The van der Waals surface area contributed by atoms with Crippen LogP contribution in [0.4, 0.5) is 0 Å². The molecule has 0 aromatic heterocycles. The fraction of sp³-hybridized carbons (Fsp3) is 0.412. The molecule has 0 fully saturated rings. The van der Waals surface area contributed by atoms with Crippen molar-refractivity contribution in [1.82, 2.24) is 0 Å². The molecule has 0 saturated heterocycles. The number of benzene rings is 1. The molecular weight excluding hydrogens is 232 g/mol. The minimum atomic E-state index is 0.229. The van der Waals surface area contributed by atoms with E-state index in [0.717, 1.165) is 9.52 Å². The van der Waals surface area contributed by atoms with Crippen LogP contribution in [0, 0.1) is 13.8 Å². The third kappa shape index (κ3) is 2.12. The monoisotopic (exact) mass is 254 g/mol. The first kappa shape index (κ1) is 13.4. The lowest BCUT2D eigenvalue weighted by Gasteiger charge is -2.25. The van der Waals surface area contributed by atoms with E-state index in [4.69, 9.17) is 0 Å². The van der Waals surface area contributed by atoms with Gasteiger partial charge in [-0.25, -0.2) is 0 Å². The molecule has 0 saturated carbocycles. The Hall–Kier alpha value is -1.08. The van der Waals surface area contributed by atoms with E-state index in [1.54, 1.807) is 5.57 Å². The number of aryl methyl sites for hydroxylation is 1. The summed E-state index contributed by atoms with van der Waals surface area (Å²) in [5.41, 5.74) is 7.34. The van der Waals surface area contributed by atoms with Crippen molar-refractivity contribution >= 4 is 14.7 Å². The molecule has 0 amide bonds. The highest BCUT2D eigenvalue weighted by Crippen LogP contribution is 2.45. The fourth-order valence-electron chi connectivity index (χ4n) is 2.63. The first-order valence-electron chi connectivity index (χ1n) is 6.57. The van der Waals surface area contributed by atoms with Gasteiger partial charge in [-0.15, -0.1) is 0 Å². The highest BCUT2D eigenvalue weighted by atomic mass is 28.2. The van der Waals surface area contributed by atoms with Crippen LogP contribution >= 0.6 is 0 Å². The van der Waals surface area contributed by atoms with E-state index >= 15 is 0 Å². The van der Waals surface area contributed by atoms with E-state index in [1.807, 2.05) is 0 Å². The first-order valence-corrected chi connectivity index (χ1v) is 7.57. The van der Waals surface area contributed by atoms with Crippen LogP contribution in [0.25, 0.3) is 0 Å². The lowest BCUT2D eigenvalue weighted by molar-refractivity contribution is 0.892. The number of hydrogen-bond acceptors (Lipinski definition) is 0. The van der Waals surface area contributed by atoms with Crippen LogP contribution in [0.1, 0.15) is 38.8 Å². The summed E-state index contributed by atoms with van der Waals surface area (Å²) in [5, 5.41) is 1.74. The second kappa shape index (κ2) is 4.54. The summed E-state index contributed by atoms with van der Waals surface area (Å²) in [7, 11) is 0.824. The van der Waals surface area contributed by atoms with E-state index in [2.05, 4.69) is 65.8 Å². The normalized spacial score (nSPS) is 23.6. The van der Waals surface area contributed by atoms with Crippen LogP contribution in [0.2, 0.25) is 5.04 Å². The summed E-state index contributed by atoms with van der Waals surface area (Å²) < 4.78 is 0. The number of hydrogen-bond donors (Lipinski definition) is 0. The van der Waals surface area contributed by atoms with Crippen LogP contribution in [0.15, 0.2) is 41.0 Å². The van der Waals surface area contributed by atoms with Gasteiger partial charge < -0.3 is 0 Å². The SMILES string of the molecule is CC1=CC(C)([Si]c2cccc(C)c2C)C(C)=C1C. The predicted octanol–water partition coefficient (Wildman–Crippen LogP) is 4.11.